The first-order chi connectivity index (χ1) is 7.64. The van der Waals surface area contributed by atoms with Crippen LogP contribution in [0.5, 0.6) is 0 Å². The van der Waals surface area contributed by atoms with Gasteiger partial charge in [0.1, 0.15) is 5.56 Å². The Hall–Kier alpha value is -1.80. The topological polar surface area (TPSA) is 56.0 Å². The molecule has 1 heterocycles. The molecule has 4 nitrogen and oxygen atoms in total. The molecule has 17 heavy (non-hydrogen) atoms. The van der Waals surface area contributed by atoms with Crippen LogP contribution in [0.2, 0.25) is 0 Å². The van der Waals surface area contributed by atoms with Crippen molar-refractivity contribution >= 4 is 5.69 Å². The minimum absolute atomic E-state index is 0.363. The first-order valence-electron chi connectivity index (χ1n) is 4.16. The van der Waals surface area contributed by atoms with Crippen molar-refractivity contribution in [2.45, 2.75) is 19.5 Å². The number of rotatable bonds is 2. The highest BCUT2D eigenvalue weighted by molar-refractivity contribution is 5.47. The van der Waals surface area contributed by atoms with Crippen molar-refractivity contribution in [3.8, 4) is 0 Å². The summed E-state index contributed by atoms with van der Waals surface area (Å²) in [6.07, 6.45) is -8.53. The van der Waals surface area contributed by atoms with Crippen molar-refractivity contribution in [1.29, 1.82) is 0 Å². The lowest BCUT2D eigenvalue weighted by Crippen LogP contribution is -2.13. The third-order valence-electron chi connectivity index (χ3n) is 1.84. The smallest absolute Gasteiger partial charge is 0.258 e. The molecule has 0 radical (unpaired) electrons. The van der Waals surface area contributed by atoms with Crippen LogP contribution in [0.25, 0.3) is 0 Å². The van der Waals surface area contributed by atoms with Gasteiger partial charge in [0, 0.05) is 5.69 Å². The Morgan fingerprint density at radius 3 is 2.29 bits per heavy atom. The van der Waals surface area contributed by atoms with Crippen molar-refractivity contribution < 1.29 is 26.9 Å². The van der Waals surface area contributed by atoms with Gasteiger partial charge in [0.15, 0.2) is 5.69 Å². The summed E-state index contributed by atoms with van der Waals surface area (Å²) in [5.74, 6) is 0. The zero-order valence-corrected chi connectivity index (χ0v) is 8.26. The standard InChI is InChI=1S/C8H5F5N2O2/c1-3-2-4(8(11,12)13)6(15(16)17)5(14-3)7(9)10/h2,7H,1H3. The van der Waals surface area contributed by atoms with E-state index in [4.69, 9.17) is 0 Å². The molecule has 0 amide bonds. The largest absolute Gasteiger partial charge is 0.423 e. The fourth-order valence-electron chi connectivity index (χ4n) is 1.25. The lowest BCUT2D eigenvalue weighted by molar-refractivity contribution is -0.389. The summed E-state index contributed by atoms with van der Waals surface area (Å²) >= 11 is 0. The van der Waals surface area contributed by atoms with Crippen LogP contribution >= 0.6 is 0 Å². The predicted octanol–water partition coefficient (Wildman–Crippen LogP) is 3.25. The van der Waals surface area contributed by atoms with E-state index in [1.165, 1.54) is 0 Å². The van der Waals surface area contributed by atoms with E-state index < -0.39 is 34.5 Å². The van der Waals surface area contributed by atoms with Crippen LogP contribution in [0.3, 0.4) is 0 Å². The molecule has 0 saturated heterocycles. The van der Waals surface area contributed by atoms with Gasteiger partial charge < -0.3 is 0 Å². The predicted molar refractivity (Wildman–Crippen MR) is 45.6 cm³/mol. The normalized spacial score (nSPS) is 11.9. The lowest BCUT2D eigenvalue weighted by atomic mass is 10.1. The zero-order valence-electron chi connectivity index (χ0n) is 8.26. The molecule has 0 spiro atoms. The molecule has 0 saturated carbocycles. The van der Waals surface area contributed by atoms with Gasteiger partial charge in [-0.25, -0.2) is 13.8 Å². The van der Waals surface area contributed by atoms with E-state index in [0.29, 0.717) is 6.07 Å². The molecular formula is C8H5F5N2O2. The number of hydrogen-bond donors (Lipinski definition) is 0. The van der Waals surface area contributed by atoms with Gasteiger partial charge >= 0.3 is 11.9 Å². The molecule has 0 N–H and O–H groups in total. The van der Waals surface area contributed by atoms with Crippen molar-refractivity contribution in [2.24, 2.45) is 0 Å². The van der Waals surface area contributed by atoms with E-state index in [0.717, 1.165) is 6.92 Å². The van der Waals surface area contributed by atoms with Gasteiger partial charge in [-0.2, -0.15) is 13.2 Å². The molecule has 1 aromatic heterocycles. The molecule has 0 aliphatic rings. The maximum absolute atomic E-state index is 12.5. The highest BCUT2D eigenvalue weighted by Crippen LogP contribution is 2.40. The van der Waals surface area contributed by atoms with E-state index in [2.05, 4.69) is 4.98 Å². The number of hydrogen-bond acceptors (Lipinski definition) is 3. The van der Waals surface area contributed by atoms with Gasteiger partial charge in [-0.3, -0.25) is 10.1 Å². The van der Waals surface area contributed by atoms with Crippen LogP contribution in [-0.2, 0) is 6.18 Å². The fraction of sp³-hybridized carbons (Fsp3) is 0.375. The van der Waals surface area contributed by atoms with Crippen LogP contribution in [0, 0.1) is 17.0 Å². The molecule has 0 fully saturated rings. The Morgan fingerprint density at radius 1 is 1.41 bits per heavy atom. The van der Waals surface area contributed by atoms with E-state index in [9.17, 15) is 32.1 Å². The van der Waals surface area contributed by atoms with Gasteiger partial charge in [0.2, 0.25) is 0 Å². The van der Waals surface area contributed by atoms with Crippen LogP contribution in [0.4, 0.5) is 27.6 Å². The van der Waals surface area contributed by atoms with Crippen molar-refractivity contribution in [1.82, 2.24) is 4.98 Å². The second-order valence-corrected chi connectivity index (χ2v) is 3.10. The maximum Gasteiger partial charge on any atom is 0.423 e. The molecule has 0 bridgehead atoms. The summed E-state index contributed by atoms with van der Waals surface area (Å²) in [7, 11) is 0. The number of nitro groups is 1. The van der Waals surface area contributed by atoms with Gasteiger partial charge in [-0.1, -0.05) is 0 Å². The Morgan fingerprint density at radius 2 is 1.94 bits per heavy atom. The number of aromatic nitrogens is 1. The monoisotopic (exact) mass is 256 g/mol. The average Bonchev–Trinajstić information content (AvgIpc) is 2.14. The zero-order chi connectivity index (χ0) is 13.4. The SMILES string of the molecule is Cc1cc(C(F)(F)F)c([N+](=O)[O-])c(C(F)F)n1. The number of pyridine rings is 1. The van der Waals surface area contributed by atoms with E-state index in [1.54, 1.807) is 0 Å². The minimum Gasteiger partial charge on any atom is -0.258 e. The molecule has 1 rings (SSSR count). The minimum atomic E-state index is -5.08. The molecule has 0 unspecified atom stereocenters. The number of halogens is 5. The third-order valence-corrected chi connectivity index (χ3v) is 1.84. The Kier molecular flexibility index (Phi) is 3.30. The molecule has 9 heteroatoms. The second-order valence-electron chi connectivity index (χ2n) is 3.10. The molecule has 0 aliphatic carbocycles. The molecule has 0 aliphatic heterocycles. The Balaban J connectivity index is 3.64. The van der Waals surface area contributed by atoms with Crippen LogP contribution in [0.15, 0.2) is 6.07 Å². The summed E-state index contributed by atoms with van der Waals surface area (Å²) in [5, 5.41) is 10.4. The van der Waals surface area contributed by atoms with E-state index in [1.807, 2.05) is 0 Å². The van der Waals surface area contributed by atoms with Crippen molar-refractivity contribution in [3.05, 3.63) is 33.1 Å². The van der Waals surface area contributed by atoms with Crippen molar-refractivity contribution in [3.63, 3.8) is 0 Å². The van der Waals surface area contributed by atoms with Gasteiger partial charge in [-0.15, -0.1) is 0 Å². The van der Waals surface area contributed by atoms with Crippen molar-refractivity contribution in [2.75, 3.05) is 0 Å². The lowest BCUT2D eigenvalue weighted by Gasteiger charge is -2.10. The highest BCUT2D eigenvalue weighted by Gasteiger charge is 2.42. The number of nitrogens with zero attached hydrogens (tertiary/aromatic N) is 2. The molecular weight excluding hydrogens is 251 g/mol. The van der Waals surface area contributed by atoms with Gasteiger partial charge in [0.05, 0.1) is 4.92 Å². The van der Waals surface area contributed by atoms with E-state index >= 15 is 0 Å². The average molecular weight is 256 g/mol. The van der Waals surface area contributed by atoms with Crippen LogP contribution < -0.4 is 0 Å². The number of aryl methyl sites for hydroxylation is 1. The summed E-state index contributed by atoms with van der Waals surface area (Å²) in [6, 6.07) is 0.365. The molecule has 94 valence electrons. The summed E-state index contributed by atoms with van der Waals surface area (Å²) in [6.45, 7) is 1.05. The Bertz CT molecular complexity index is 458. The molecule has 0 atom stereocenters. The highest BCUT2D eigenvalue weighted by atomic mass is 19.4. The fourth-order valence-corrected chi connectivity index (χ4v) is 1.25. The molecule has 1 aromatic rings. The Labute approximate surface area is 91.2 Å². The number of alkyl halides is 5. The molecule has 0 aromatic carbocycles. The van der Waals surface area contributed by atoms with Gasteiger partial charge in [0.25, 0.3) is 6.43 Å². The van der Waals surface area contributed by atoms with Crippen LogP contribution in [-0.4, -0.2) is 9.91 Å². The summed E-state index contributed by atoms with van der Waals surface area (Å²) in [4.78, 5) is 12.0. The second kappa shape index (κ2) is 4.22. The third kappa shape index (κ3) is 2.66. The summed E-state index contributed by atoms with van der Waals surface area (Å²) in [5.41, 5.74) is -5.25. The van der Waals surface area contributed by atoms with Gasteiger partial charge in [-0.05, 0) is 13.0 Å². The summed E-state index contributed by atoms with van der Waals surface area (Å²) < 4.78 is 62.2. The van der Waals surface area contributed by atoms with E-state index in [-0.39, 0.29) is 5.69 Å². The quantitative estimate of drug-likeness (QED) is 0.463. The maximum atomic E-state index is 12.5. The first kappa shape index (κ1) is 13.3. The van der Waals surface area contributed by atoms with Crippen LogP contribution in [0.1, 0.15) is 23.4 Å². The first-order valence-corrected chi connectivity index (χ1v) is 4.16.